The normalized spacial score (nSPS) is 12.1. The van der Waals surface area contributed by atoms with E-state index in [4.69, 9.17) is 28.6 Å². The van der Waals surface area contributed by atoms with Crippen molar-refractivity contribution < 1.29 is 14.4 Å². The molecule has 2 aromatic rings. The number of anilines is 2. The van der Waals surface area contributed by atoms with Crippen molar-refractivity contribution in [3.63, 3.8) is 0 Å². The molecule has 0 bridgehead atoms. The predicted molar refractivity (Wildman–Crippen MR) is 135 cm³/mol. The Balaban J connectivity index is 2.63. The Hall–Kier alpha value is -2.70. The Morgan fingerprint density at radius 1 is 1.03 bits per heavy atom. The van der Waals surface area contributed by atoms with Gasteiger partial charge in [0.1, 0.15) is 5.92 Å². The van der Waals surface area contributed by atoms with Gasteiger partial charge >= 0.3 is 0 Å². The summed E-state index contributed by atoms with van der Waals surface area (Å²) in [6.45, 7) is 10.1. The summed E-state index contributed by atoms with van der Waals surface area (Å²) >= 11 is 12.3. The van der Waals surface area contributed by atoms with Crippen molar-refractivity contribution >= 4 is 58.4 Å². The third-order valence-corrected chi connectivity index (χ3v) is 6.08. The van der Waals surface area contributed by atoms with Gasteiger partial charge in [-0.3, -0.25) is 14.4 Å². The number of nitrogens with one attached hydrogen (secondary N) is 1. The minimum Gasteiger partial charge on any atom is -0.372 e. The van der Waals surface area contributed by atoms with E-state index in [-0.39, 0.29) is 10.7 Å². The first kappa shape index (κ1) is 26.6. The van der Waals surface area contributed by atoms with Gasteiger partial charge < -0.3 is 10.3 Å². The number of benzene rings is 2. The SMILES string of the molecule is CCN(CC)c1ccc(C(C(=O)N(C(C)=O)c2ccc(Cl)cc2Cl)C(=O)C(C)(C)C=N)cc1. The first-order valence-electron chi connectivity index (χ1n) is 10.7. The molecule has 176 valence electrons. The minimum atomic E-state index is -1.30. The largest absolute Gasteiger partial charge is 0.372 e. The third kappa shape index (κ3) is 5.81. The summed E-state index contributed by atoms with van der Waals surface area (Å²) in [7, 11) is 0. The molecule has 0 radical (unpaired) electrons. The zero-order valence-electron chi connectivity index (χ0n) is 19.5. The van der Waals surface area contributed by atoms with E-state index in [1.54, 1.807) is 26.0 Å². The van der Waals surface area contributed by atoms with Crippen LogP contribution in [0.3, 0.4) is 0 Å². The summed E-state index contributed by atoms with van der Waals surface area (Å²) in [5.41, 5.74) is 0.318. The van der Waals surface area contributed by atoms with Crippen molar-refractivity contribution in [3.05, 3.63) is 58.1 Å². The molecule has 0 aromatic heterocycles. The van der Waals surface area contributed by atoms with Crippen LogP contribution in [-0.2, 0) is 14.4 Å². The molecule has 6 nitrogen and oxygen atoms in total. The Bertz CT molecular complexity index is 1050. The smallest absolute Gasteiger partial charge is 0.248 e. The number of halogens is 2. The molecule has 0 saturated carbocycles. The zero-order valence-corrected chi connectivity index (χ0v) is 21.0. The molecule has 2 amide bonds. The highest BCUT2D eigenvalue weighted by molar-refractivity contribution is 6.38. The maximum atomic E-state index is 13.8. The summed E-state index contributed by atoms with van der Waals surface area (Å²) in [5, 5.41) is 8.17. The molecule has 0 fully saturated rings. The maximum Gasteiger partial charge on any atom is 0.248 e. The van der Waals surface area contributed by atoms with Crippen LogP contribution in [0.2, 0.25) is 10.0 Å². The quantitative estimate of drug-likeness (QED) is 0.359. The topological polar surface area (TPSA) is 81.5 Å². The summed E-state index contributed by atoms with van der Waals surface area (Å²) < 4.78 is 0. The monoisotopic (exact) mass is 489 g/mol. The highest BCUT2D eigenvalue weighted by atomic mass is 35.5. The van der Waals surface area contributed by atoms with E-state index in [0.29, 0.717) is 10.6 Å². The van der Waals surface area contributed by atoms with Crippen LogP contribution in [0, 0.1) is 10.8 Å². The number of hydrogen-bond donors (Lipinski definition) is 1. The van der Waals surface area contributed by atoms with Gasteiger partial charge in [0.25, 0.3) is 0 Å². The number of carbonyl (C=O) groups is 3. The Morgan fingerprint density at radius 2 is 1.61 bits per heavy atom. The second kappa shape index (κ2) is 10.9. The molecular formula is C25H29Cl2N3O3. The number of ketones is 1. The molecular weight excluding hydrogens is 461 g/mol. The number of Topliss-reactive ketones (excluding diaryl/α,β-unsaturated/α-hetero) is 1. The van der Waals surface area contributed by atoms with E-state index < -0.39 is 28.9 Å². The summed E-state index contributed by atoms with van der Waals surface area (Å²) in [4.78, 5) is 42.9. The van der Waals surface area contributed by atoms with Crippen molar-refractivity contribution in [2.24, 2.45) is 5.41 Å². The average molecular weight is 490 g/mol. The van der Waals surface area contributed by atoms with Gasteiger partial charge in [0.2, 0.25) is 11.8 Å². The fourth-order valence-electron chi connectivity index (χ4n) is 3.55. The van der Waals surface area contributed by atoms with Gasteiger partial charge in [-0.2, -0.15) is 0 Å². The Morgan fingerprint density at radius 3 is 2.06 bits per heavy atom. The highest BCUT2D eigenvalue weighted by Crippen LogP contribution is 2.35. The van der Waals surface area contributed by atoms with Gasteiger partial charge in [0, 0.05) is 36.9 Å². The van der Waals surface area contributed by atoms with E-state index in [9.17, 15) is 14.4 Å². The van der Waals surface area contributed by atoms with Crippen LogP contribution in [-0.4, -0.2) is 36.9 Å². The van der Waals surface area contributed by atoms with Crippen molar-refractivity contribution in [3.8, 4) is 0 Å². The molecule has 2 rings (SSSR count). The van der Waals surface area contributed by atoms with Crippen molar-refractivity contribution in [1.82, 2.24) is 0 Å². The lowest BCUT2D eigenvalue weighted by atomic mass is 9.78. The lowest BCUT2D eigenvalue weighted by Gasteiger charge is -2.29. The van der Waals surface area contributed by atoms with E-state index in [1.807, 2.05) is 26.0 Å². The number of nitrogens with zero attached hydrogens (tertiary/aromatic N) is 2. The molecule has 33 heavy (non-hydrogen) atoms. The van der Waals surface area contributed by atoms with Gasteiger partial charge in [-0.05, 0) is 63.6 Å². The van der Waals surface area contributed by atoms with E-state index >= 15 is 0 Å². The van der Waals surface area contributed by atoms with E-state index in [2.05, 4.69) is 4.90 Å². The molecule has 0 spiro atoms. The molecule has 0 saturated heterocycles. The van der Waals surface area contributed by atoms with Crippen LogP contribution in [0.25, 0.3) is 0 Å². The molecule has 1 unspecified atom stereocenters. The molecule has 8 heteroatoms. The van der Waals surface area contributed by atoms with Gasteiger partial charge in [-0.15, -0.1) is 0 Å². The summed E-state index contributed by atoms with van der Waals surface area (Å²) in [5.74, 6) is -3.12. The molecule has 0 aliphatic carbocycles. The molecule has 0 aliphatic heterocycles. The van der Waals surface area contributed by atoms with Crippen LogP contribution < -0.4 is 9.80 Å². The van der Waals surface area contributed by atoms with E-state index in [1.165, 1.54) is 25.1 Å². The van der Waals surface area contributed by atoms with Gasteiger partial charge in [0.15, 0.2) is 5.78 Å². The number of carbonyl (C=O) groups excluding carboxylic acids is 3. The summed E-state index contributed by atoms with van der Waals surface area (Å²) in [6.07, 6.45) is 1.01. The predicted octanol–water partition coefficient (Wildman–Crippen LogP) is 5.75. The third-order valence-electron chi connectivity index (χ3n) is 5.55. The lowest BCUT2D eigenvalue weighted by molar-refractivity contribution is -0.133. The molecule has 1 atom stereocenters. The molecule has 1 N–H and O–H groups in total. The van der Waals surface area contributed by atoms with Crippen LogP contribution in [0.5, 0.6) is 0 Å². The number of rotatable bonds is 9. The maximum absolute atomic E-state index is 13.8. The van der Waals surface area contributed by atoms with Crippen molar-refractivity contribution in [2.75, 3.05) is 22.9 Å². The first-order valence-corrected chi connectivity index (χ1v) is 11.4. The lowest BCUT2D eigenvalue weighted by Crippen LogP contribution is -2.45. The van der Waals surface area contributed by atoms with Crippen LogP contribution in [0.1, 0.15) is 46.1 Å². The molecule has 2 aromatic carbocycles. The van der Waals surface area contributed by atoms with E-state index in [0.717, 1.165) is 29.9 Å². The van der Waals surface area contributed by atoms with Gasteiger partial charge in [-0.1, -0.05) is 35.3 Å². The Labute approximate surface area is 205 Å². The molecule has 0 heterocycles. The van der Waals surface area contributed by atoms with Crippen molar-refractivity contribution in [1.29, 1.82) is 5.41 Å². The van der Waals surface area contributed by atoms with Crippen LogP contribution in [0.4, 0.5) is 11.4 Å². The number of amides is 2. The fourth-order valence-corrected chi connectivity index (χ4v) is 4.04. The van der Waals surface area contributed by atoms with Gasteiger partial charge in [0.05, 0.1) is 16.1 Å². The number of imide groups is 1. The van der Waals surface area contributed by atoms with Crippen molar-refractivity contribution in [2.45, 2.75) is 40.5 Å². The standard InChI is InChI=1S/C25H29Cl2N3O3/c1-6-29(7-2)19-11-8-17(9-12-19)22(23(32)25(4,5)15-28)24(33)30(16(3)31)21-13-10-18(26)14-20(21)27/h8-15,22,28H,6-7H2,1-5H3. The second-order valence-corrected chi connectivity index (χ2v) is 9.06. The zero-order chi connectivity index (χ0) is 24.9. The Kier molecular flexibility index (Phi) is 8.81. The highest BCUT2D eigenvalue weighted by Gasteiger charge is 2.41. The summed E-state index contributed by atoms with van der Waals surface area (Å²) in [6, 6.07) is 11.5. The fraction of sp³-hybridized carbons (Fsp3) is 0.360. The average Bonchev–Trinajstić information content (AvgIpc) is 2.77. The second-order valence-electron chi connectivity index (χ2n) is 8.22. The molecule has 0 aliphatic rings. The van der Waals surface area contributed by atoms with Crippen LogP contribution in [0.15, 0.2) is 42.5 Å². The van der Waals surface area contributed by atoms with Gasteiger partial charge in [-0.25, -0.2) is 4.90 Å². The first-order chi connectivity index (χ1) is 15.5. The number of hydrogen-bond acceptors (Lipinski definition) is 5. The van der Waals surface area contributed by atoms with Crippen LogP contribution >= 0.6 is 23.2 Å². The minimum absolute atomic E-state index is 0.112.